The largest absolute Gasteiger partial charge is 0.494 e. The fourth-order valence-electron chi connectivity index (χ4n) is 1.64. The molecule has 1 aromatic rings. The van der Waals surface area contributed by atoms with Crippen molar-refractivity contribution in [1.29, 1.82) is 0 Å². The number of carbonyl (C=O) groups excluding carboxylic acids is 1. The van der Waals surface area contributed by atoms with Crippen LogP contribution in [-0.2, 0) is 4.79 Å². The zero-order valence-electron chi connectivity index (χ0n) is 9.11. The predicted octanol–water partition coefficient (Wildman–Crippen LogP) is 2.48. The number of hydrogen-bond donors (Lipinski definition) is 1. The monoisotopic (exact) mass is 217 g/mol. The maximum Gasteiger partial charge on any atom is 0.120 e. The molecule has 0 amide bonds. The van der Waals surface area contributed by atoms with Crippen molar-refractivity contribution in [2.75, 3.05) is 18.5 Å². The van der Waals surface area contributed by atoms with Crippen LogP contribution in [0.25, 0.3) is 6.08 Å². The number of benzene rings is 1. The molecule has 2 rings (SSSR count). The third-order valence-corrected chi connectivity index (χ3v) is 2.47. The summed E-state index contributed by atoms with van der Waals surface area (Å²) in [6.45, 7) is 1.47. The molecule has 0 atom stereocenters. The summed E-state index contributed by atoms with van der Waals surface area (Å²) in [5.41, 5.74) is 2.29. The zero-order valence-corrected chi connectivity index (χ0v) is 9.11. The fraction of sp³-hybridized carbons (Fsp3) is 0.308. The van der Waals surface area contributed by atoms with Gasteiger partial charge in [-0.05, 0) is 24.6 Å². The van der Waals surface area contributed by atoms with Crippen LogP contribution in [-0.4, -0.2) is 19.4 Å². The Kier molecular flexibility index (Phi) is 3.59. The molecule has 1 aromatic carbocycles. The van der Waals surface area contributed by atoms with Crippen molar-refractivity contribution in [2.24, 2.45) is 0 Å². The Labute approximate surface area is 95.1 Å². The molecule has 0 radical (unpaired) electrons. The maximum absolute atomic E-state index is 10.1. The van der Waals surface area contributed by atoms with E-state index in [4.69, 9.17) is 4.74 Å². The summed E-state index contributed by atoms with van der Waals surface area (Å²) in [6.07, 6.45) is 6.42. The molecule has 1 N–H and O–H groups in total. The first-order valence-corrected chi connectivity index (χ1v) is 5.51. The van der Waals surface area contributed by atoms with E-state index in [0.29, 0.717) is 13.0 Å². The van der Waals surface area contributed by atoms with Gasteiger partial charge in [-0.15, -0.1) is 0 Å². The van der Waals surface area contributed by atoms with E-state index in [1.807, 2.05) is 18.2 Å². The van der Waals surface area contributed by atoms with Crippen molar-refractivity contribution in [3.8, 4) is 5.75 Å². The summed E-state index contributed by atoms with van der Waals surface area (Å²) in [7, 11) is 0. The van der Waals surface area contributed by atoms with Gasteiger partial charge in [-0.1, -0.05) is 12.2 Å². The van der Waals surface area contributed by atoms with E-state index in [-0.39, 0.29) is 0 Å². The lowest BCUT2D eigenvalue weighted by molar-refractivity contribution is -0.108. The molecule has 0 spiro atoms. The van der Waals surface area contributed by atoms with E-state index in [9.17, 15) is 4.79 Å². The molecule has 3 heteroatoms. The van der Waals surface area contributed by atoms with Gasteiger partial charge >= 0.3 is 0 Å². The van der Waals surface area contributed by atoms with Crippen molar-refractivity contribution in [3.05, 3.63) is 29.8 Å². The molecule has 0 aliphatic carbocycles. The lowest BCUT2D eigenvalue weighted by Crippen LogP contribution is -2.05. The Bertz CT molecular complexity index is 399. The summed E-state index contributed by atoms with van der Waals surface area (Å²) in [5.74, 6) is 0.859. The van der Waals surface area contributed by atoms with Crippen molar-refractivity contribution in [3.63, 3.8) is 0 Å². The molecule has 84 valence electrons. The fourth-order valence-corrected chi connectivity index (χ4v) is 1.64. The number of hydrogen-bond acceptors (Lipinski definition) is 3. The molecule has 3 nitrogen and oxygen atoms in total. The van der Waals surface area contributed by atoms with Crippen LogP contribution in [0.2, 0.25) is 0 Å². The van der Waals surface area contributed by atoms with E-state index in [2.05, 4.69) is 17.5 Å². The summed E-state index contributed by atoms with van der Waals surface area (Å²) in [6, 6.07) is 5.98. The molecular formula is C13H15NO2. The smallest absolute Gasteiger partial charge is 0.120 e. The molecule has 0 bridgehead atoms. The molecule has 0 fully saturated rings. The molecule has 1 heterocycles. The number of nitrogens with one attached hydrogen (secondary N) is 1. The molecular weight excluding hydrogens is 202 g/mol. The van der Waals surface area contributed by atoms with Crippen molar-refractivity contribution in [2.45, 2.75) is 12.8 Å². The SMILES string of the molecule is O=CCCCOc1ccc2c(c1)C=CCN2. The van der Waals surface area contributed by atoms with Crippen LogP contribution in [0.3, 0.4) is 0 Å². The Balaban J connectivity index is 1.96. The topological polar surface area (TPSA) is 38.3 Å². The minimum absolute atomic E-state index is 0.562. The molecule has 1 aliphatic rings. The highest BCUT2D eigenvalue weighted by atomic mass is 16.5. The van der Waals surface area contributed by atoms with Gasteiger partial charge in [0.1, 0.15) is 12.0 Å². The standard InChI is InChI=1S/C13H15NO2/c15-8-1-2-9-16-12-5-6-13-11(10-12)4-3-7-14-13/h3-6,8,10,14H,1-2,7,9H2. The summed E-state index contributed by atoms with van der Waals surface area (Å²) >= 11 is 0. The quantitative estimate of drug-likeness (QED) is 0.608. The van der Waals surface area contributed by atoms with Crippen LogP contribution in [0.5, 0.6) is 5.75 Å². The first-order valence-electron chi connectivity index (χ1n) is 5.51. The van der Waals surface area contributed by atoms with Crippen LogP contribution in [0.4, 0.5) is 5.69 Å². The second-order valence-electron chi connectivity index (χ2n) is 3.69. The van der Waals surface area contributed by atoms with E-state index < -0.39 is 0 Å². The number of carbonyl (C=O) groups is 1. The van der Waals surface area contributed by atoms with Crippen LogP contribution in [0, 0.1) is 0 Å². The number of anilines is 1. The molecule has 16 heavy (non-hydrogen) atoms. The first-order chi connectivity index (χ1) is 7.90. The van der Waals surface area contributed by atoms with Crippen LogP contribution < -0.4 is 10.1 Å². The Morgan fingerprint density at radius 3 is 3.25 bits per heavy atom. The van der Waals surface area contributed by atoms with Gasteiger partial charge in [-0.3, -0.25) is 0 Å². The van der Waals surface area contributed by atoms with Crippen molar-refractivity contribution < 1.29 is 9.53 Å². The molecule has 0 saturated carbocycles. The molecule has 0 saturated heterocycles. The second-order valence-corrected chi connectivity index (χ2v) is 3.69. The average molecular weight is 217 g/mol. The van der Waals surface area contributed by atoms with E-state index in [0.717, 1.165) is 36.3 Å². The highest BCUT2D eigenvalue weighted by molar-refractivity contribution is 5.71. The number of ether oxygens (including phenoxy) is 1. The lowest BCUT2D eigenvalue weighted by atomic mass is 10.1. The number of aldehydes is 1. The van der Waals surface area contributed by atoms with Crippen molar-refractivity contribution >= 4 is 18.0 Å². The zero-order chi connectivity index (χ0) is 11.2. The van der Waals surface area contributed by atoms with E-state index in [1.54, 1.807) is 0 Å². The predicted molar refractivity (Wildman–Crippen MR) is 64.8 cm³/mol. The third kappa shape index (κ3) is 2.63. The highest BCUT2D eigenvalue weighted by Gasteiger charge is 2.04. The Morgan fingerprint density at radius 2 is 2.38 bits per heavy atom. The lowest BCUT2D eigenvalue weighted by Gasteiger charge is -2.14. The minimum atomic E-state index is 0.562. The highest BCUT2D eigenvalue weighted by Crippen LogP contribution is 2.25. The normalized spacial score (nSPS) is 12.8. The van der Waals surface area contributed by atoms with Gasteiger partial charge in [0.05, 0.1) is 6.61 Å². The van der Waals surface area contributed by atoms with E-state index >= 15 is 0 Å². The van der Waals surface area contributed by atoms with Crippen LogP contribution in [0.15, 0.2) is 24.3 Å². The number of unbranched alkanes of at least 4 members (excludes halogenated alkanes) is 1. The Hall–Kier alpha value is -1.77. The van der Waals surface area contributed by atoms with E-state index in [1.165, 1.54) is 0 Å². The second kappa shape index (κ2) is 5.35. The van der Waals surface area contributed by atoms with Gasteiger partial charge in [0.2, 0.25) is 0 Å². The summed E-state index contributed by atoms with van der Waals surface area (Å²) < 4.78 is 5.55. The van der Waals surface area contributed by atoms with Crippen LogP contribution >= 0.6 is 0 Å². The van der Waals surface area contributed by atoms with Crippen LogP contribution in [0.1, 0.15) is 18.4 Å². The Morgan fingerprint density at radius 1 is 1.44 bits per heavy atom. The van der Waals surface area contributed by atoms with Gasteiger partial charge in [-0.2, -0.15) is 0 Å². The molecule has 0 aromatic heterocycles. The molecule has 0 unspecified atom stereocenters. The van der Waals surface area contributed by atoms with Gasteiger partial charge in [0.15, 0.2) is 0 Å². The van der Waals surface area contributed by atoms with Gasteiger partial charge in [0, 0.05) is 24.2 Å². The van der Waals surface area contributed by atoms with Crippen molar-refractivity contribution in [1.82, 2.24) is 0 Å². The van der Waals surface area contributed by atoms with Gasteiger partial charge in [-0.25, -0.2) is 0 Å². The molecule has 1 aliphatic heterocycles. The van der Waals surface area contributed by atoms with Gasteiger partial charge in [0.25, 0.3) is 0 Å². The average Bonchev–Trinajstić information content (AvgIpc) is 2.34. The third-order valence-electron chi connectivity index (χ3n) is 2.47. The van der Waals surface area contributed by atoms with Gasteiger partial charge < -0.3 is 14.8 Å². The minimum Gasteiger partial charge on any atom is -0.494 e. The number of fused-ring (bicyclic) bond motifs is 1. The number of rotatable bonds is 5. The first kappa shape index (κ1) is 10.7. The summed E-state index contributed by atoms with van der Waals surface area (Å²) in [4.78, 5) is 10.1. The summed E-state index contributed by atoms with van der Waals surface area (Å²) in [5, 5.41) is 3.28. The maximum atomic E-state index is 10.1.